The molecule has 136 valence electrons. The highest BCUT2D eigenvalue weighted by atomic mass is 35.5. The summed E-state index contributed by atoms with van der Waals surface area (Å²) in [4.78, 5) is 14.1. The van der Waals surface area contributed by atoms with Gasteiger partial charge in [-0.15, -0.1) is 0 Å². The lowest BCUT2D eigenvalue weighted by Crippen LogP contribution is -2.00. The standard InChI is InChI=1S/C20H19Cl2NO3/c1-3-11(2)15-10-23-18-5-4-13(9-14(15)18)26-20-16(21)6-12(7-17(20)22)8-19(24)25/h4-7,9-11,23H,3,8H2,1-2H3,(H,24,25). The van der Waals surface area contributed by atoms with Gasteiger partial charge in [-0.05, 0) is 53.8 Å². The van der Waals surface area contributed by atoms with E-state index in [9.17, 15) is 4.79 Å². The maximum Gasteiger partial charge on any atom is 0.307 e. The van der Waals surface area contributed by atoms with E-state index in [1.54, 1.807) is 12.1 Å². The number of nitrogens with one attached hydrogen (secondary N) is 1. The molecule has 0 aliphatic carbocycles. The number of benzene rings is 2. The number of carbonyl (C=O) groups is 1. The summed E-state index contributed by atoms with van der Waals surface area (Å²) < 4.78 is 5.92. The molecule has 0 amide bonds. The molecule has 0 saturated carbocycles. The summed E-state index contributed by atoms with van der Waals surface area (Å²) in [7, 11) is 0. The first kappa shape index (κ1) is 18.6. The van der Waals surface area contributed by atoms with Crippen molar-refractivity contribution in [2.75, 3.05) is 0 Å². The maximum atomic E-state index is 10.9. The van der Waals surface area contributed by atoms with Gasteiger partial charge in [0.1, 0.15) is 5.75 Å². The van der Waals surface area contributed by atoms with E-state index in [-0.39, 0.29) is 16.5 Å². The number of carboxylic acids is 1. The Kier molecular flexibility index (Phi) is 5.44. The van der Waals surface area contributed by atoms with Crippen LogP contribution in [0.4, 0.5) is 0 Å². The Balaban J connectivity index is 1.95. The molecule has 0 saturated heterocycles. The van der Waals surface area contributed by atoms with Crippen LogP contribution in [0.3, 0.4) is 0 Å². The summed E-state index contributed by atoms with van der Waals surface area (Å²) in [5.41, 5.74) is 2.81. The molecule has 0 fully saturated rings. The molecule has 0 aliphatic heterocycles. The van der Waals surface area contributed by atoms with Gasteiger partial charge in [-0.2, -0.15) is 0 Å². The predicted molar refractivity (Wildman–Crippen MR) is 105 cm³/mol. The average Bonchev–Trinajstić information content (AvgIpc) is 3.00. The zero-order valence-electron chi connectivity index (χ0n) is 14.5. The quantitative estimate of drug-likeness (QED) is 0.510. The molecule has 2 N–H and O–H groups in total. The Hall–Kier alpha value is -2.17. The highest BCUT2D eigenvalue weighted by Crippen LogP contribution is 2.39. The molecule has 2 aromatic carbocycles. The molecule has 1 aromatic heterocycles. The van der Waals surface area contributed by atoms with Crippen molar-refractivity contribution in [3.8, 4) is 11.5 Å². The number of halogens is 2. The Bertz CT molecular complexity index is 942. The third-order valence-corrected chi connectivity index (χ3v) is 5.02. The first-order valence-corrected chi connectivity index (χ1v) is 9.13. The SMILES string of the molecule is CCC(C)c1c[nH]c2ccc(Oc3c(Cl)cc(CC(=O)O)cc3Cl)cc12. The molecule has 0 aliphatic rings. The number of carboxylic acid groups (broad SMARTS) is 1. The van der Waals surface area contributed by atoms with Crippen LogP contribution in [-0.4, -0.2) is 16.1 Å². The molecule has 1 unspecified atom stereocenters. The third-order valence-electron chi connectivity index (χ3n) is 4.46. The van der Waals surface area contributed by atoms with Gasteiger partial charge in [0.2, 0.25) is 0 Å². The van der Waals surface area contributed by atoms with Gasteiger partial charge in [0.25, 0.3) is 0 Å². The molecule has 0 radical (unpaired) electrons. The fourth-order valence-corrected chi connectivity index (χ4v) is 3.53. The summed E-state index contributed by atoms with van der Waals surface area (Å²) in [5.74, 6) is 0.432. The van der Waals surface area contributed by atoms with E-state index < -0.39 is 5.97 Å². The lowest BCUT2D eigenvalue weighted by atomic mass is 9.98. The van der Waals surface area contributed by atoms with Crippen molar-refractivity contribution in [3.63, 3.8) is 0 Å². The molecule has 1 atom stereocenters. The van der Waals surface area contributed by atoms with E-state index in [0.29, 0.717) is 23.0 Å². The highest BCUT2D eigenvalue weighted by Gasteiger charge is 2.15. The van der Waals surface area contributed by atoms with Crippen molar-refractivity contribution >= 4 is 40.1 Å². The van der Waals surface area contributed by atoms with E-state index in [1.807, 2.05) is 24.4 Å². The number of H-pyrrole nitrogens is 1. The fourth-order valence-electron chi connectivity index (χ4n) is 2.92. The van der Waals surface area contributed by atoms with Crippen molar-refractivity contribution < 1.29 is 14.6 Å². The number of rotatable bonds is 6. The molecule has 0 spiro atoms. The number of aromatic nitrogens is 1. The number of aromatic amines is 1. The van der Waals surface area contributed by atoms with Crippen LogP contribution in [0.5, 0.6) is 11.5 Å². The predicted octanol–water partition coefficient (Wildman–Crippen LogP) is 6.41. The number of aliphatic carboxylic acids is 1. The minimum atomic E-state index is -0.943. The van der Waals surface area contributed by atoms with Gasteiger partial charge in [0.15, 0.2) is 5.75 Å². The van der Waals surface area contributed by atoms with Gasteiger partial charge in [0, 0.05) is 17.1 Å². The highest BCUT2D eigenvalue weighted by molar-refractivity contribution is 6.37. The summed E-state index contributed by atoms with van der Waals surface area (Å²) in [6, 6.07) is 8.89. The summed E-state index contributed by atoms with van der Waals surface area (Å²) in [6.45, 7) is 4.34. The van der Waals surface area contributed by atoms with Crippen LogP contribution < -0.4 is 4.74 Å². The van der Waals surface area contributed by atoms with Crippen molar-refractivity contribution in [1.82, 2.24) is 4.98 Å². The van der Waals surface area contributed by atoms with Crippen LogP contribution in [0, 0.1) is 0 Å². The van der Waals surface area contributed by atoms with Crippen LogP contribution >= 0.6 is 23.2 Å². The smallest absolute Gasteiger partial charge is 0.307 e. The zero-order valence-corrected chi connectivity index (χ0v) is 16.0. The van der Waals surface area contributed by atoms with E-state index in [1.165, 1.54) is 5.56 Å². The zero-order chi connectivity index (χ0) is 18.8. The second-order valence-electron chi connectivity index (χ2n) is 6.32. The van der Waals surface area contributed by atoms with Crippen molar-refractivity contribution in [3.05, 3.63) is 57.7 Å². The van der Waals surface area contributed by atoms with Crippen LogP contribution in [0.25, 0.3) is 10.9 Å². The molecular formula is C20H19Cl2NO3. The number of hydrogen-bond donors (Lipinski definition) is 2. The molecule has 26 heavy (non-hydrogen) atoms. The van der Waals surface area contributed by atoms with E-state index in [0.717, 1.165) is 17.3 Å². The van der Waals surface area contributed by atoms with Crippen LogP contribution in [0.1, 0.15) is 37.3 Å². The minimum Gasteiger partial charge on any atom is -0.481 e. The fraction of sp³-hybridized carbons (Fsp3) is 0.250. The second-order valence-corrected chi connectivity index (χ2v) is 7.14. The topological polar surface area (TPSA) is 62.3 Å². The lowest BCUT2D eigenvalue weighted by molar-refractivity contribution is -0.136. The Labute approximate surface area is 161 Å². The molecule has 3 aromatic rings. The second kappa shape index (κ2) is 7.60. The number of ether oxygens (including phenoxy) is 1. The van der Waals surface area contributed by atoms with Crippen molar-refractivity contribution in [2.45, 2.75) is 32.6 Å². The van der Waals surface area contributed by atoms with Gasteiger partial charge in [-0.25, -0.2) is 0 Å². The first-order chi connectivity index (χ1) is 12.4. The van der Waals surface area contributed by atoms with Crippen LogP contribution in [0.2, 0.25) is 10.0 Å². The van der Waals surface area contributed by atoms with Gasteiger partial charge in [-0.1, -0.05) is 37.0 Å². The Morgan fingerprint density at radius 2 is 1.92 bits per heavy atom. The molecule has 6 heteroatoms. The van der Waals surface area contributed by atoms with Gasteiger partial charge >= 0.3 is 5.97 Å². The largest absolute Gasteiger partial charge is 0.481 e. The molecule has 3 rings (SSSR count). The Morgan fingerprint density at radius 1 is 1.23 bits per heavy atom. The van der Waals surface area contributed by atoms with Crippen molar-refractivity contribution in [2.24, 2.45) is 0 Å². The number of hydrogen-bond acceptors (Lipinski definition) is 2. The normalized spacial score (nSPS) is 12.3. The summed E-state index contributed by atoms with van der Waals surface area (Å²) in [6.07, 6.45) is 2.93. The molecular weight excluding hydrogens is 373 g/mol. The minimum absolute atomic E-state index is 0.146. The van der Waals surface area contributed by atoms with Gasteiger partial charge in [0.05, 0.1) is 16.5 Å². The number of fused-ring (bicyclic) bond motifs is 1. The van der Waals surface area contributed by atoms with Crippen LogP contribution in [0.15, 0.2) is 36.5 Å². The molecule has 4 nitrogen and oxygen atoms in total. The van der Waals surface area contributed by atoms with E-state index in [4.69, 9.17) is 33.0 Å². The summed E-state index contributed by atoms with van der Waals surface area (Å²) >= 11 is 12.5. The monoisotopic (exact) mass is 391 g/mol. The third kappa shape index (κ3) is 3.81. The molecule has 1 heterocycles. The maximum absolute atomic E-state index is 10.9. The van der Waals surface area contributed by atoms with Crippen LogP contribution in [-0.2, 0) is 11.2 Å². The Morgan fingerprint density at radius 3 is 2.54 bits per heavy atom. The van der Waals surface area contributed by atoms with Gasteiger partial charge < -0.3 is 14.8 Å². The molecule has 0 bridgehead atoms. The van der Waals surface area contributed by atoms with Gasteiger partial charge in [-0.3, -0.25) is 4.79 Å². The van der Waals surface area contributed by atoms with E-state index in [2.05, 4.69) is 18.8 Å². The average molecular weight is 392 g/mol. The summed E-state index contributed by atoms with van der Waals surface area (Å²) in [5, 5.41) is 10.6. The van der Waals surface area contributed by atoms with Crippen molar-refractivity contribution in [1.29, 1.82) is 0 Å². The van der Waals surface area contributed by atoms with E-state index >= 15 is 0 Å². The first-order valence-electron chi connectivity index (χ1n) is 8.37. The lowest BCUT2D eigenvalue weighted by Gasteiger charge is -2.12.